The molecule has 0 unspecified atom stereocenters. The SMILES string of the molecule is CC1(C)c2ccccc2-c2c1cc(-c1c3ccccc3c(-c3ccc4c(c3)C3(CCCC3)c3ccccc3-4)c3ccccc13)c1ccccc21. The Morgan fingerprint density at radius 1 is 0.360 bits per heavy atom. The molecule has 0 aromatic heterocycles. The zero-order valence-electron chi connectivity index (χ0n) is 28.7. The first kappa shape index (κ1) is 28.4. The Kier molecular flexibility index (Phi) is 5.71. The van der Waals surface area contributed by atoms with Gasteiger partial charge in [-0.1, -0.05) is 160 Å². The van der Waals surface area contributed by atoms with Crippen LogP contribution in [0.3, 0.4) is 0 Å². The van der Waals surface area contributed by atoms with E-state index in [1.807, 2.05) is 0 Å². The van der Waals surface area contributed by atoms with Crippen LogP contribution in [-0.4, -0.2) is 0 Å². The van der Waals surface area contributed by atoms with Crippen LogP contribution in [0.2, 0.25) is 0 Å². The fraction of sp³-hybridized carbons (Fsp3) is 0.160. The highest BCUT2D eigenvalue weighted by molar-refractivity contribution is 6.24. The van der Waals surface area contributed by atoms with Crippen molar-refractivity contribution in [3.05, 3.63) is 168 Å². The third kappa shape index (κ3) is 3.56. The quantitative estimate of drug-likeness (QED) is 0.165. The van der Waals surface area contributed by atoms with Gasteiger partial charge in [0.25, 0.3) is 0 Å². The lowest BCUT2D eigenvalue weighted by Crippen LogP contribution is -2.20. The Bertz CT molecular complexity index is 2670. The predicted molar refractivity (Wildman–Crippen MR) is 212 cm³/mol. The Balaban J connectivity index is 1.22. The van der Waals surface area contributed by atoms with E-state index >= 15 is 0 Å². The second kappa shape index (κ2) is 10.1. The Labute approximate surface area is 294 Å². The molecule has 11 rings (SSSR count). The van der Waals surface area contributed by atoms with E-state index in [4.69, 9.17) is 0 Å². The molecule has 50 heavy (non-hydrogen) atoms. The van der Waals surface area contributed by atoms with Crippen molar-refractivity contribution in [1.29, 1.82) is 0 Å². The second-order valence-corrected chi connectivity index (χ2v) is 15.5. The van der Waals surface area contributed by atoms with Crippen molar-refractivity contribution in [2.24, 2.45) is 0 Å². The molecule has 0 N–H and O–H groups in total. The fourth-order valence-corrected chi connectivity index (χ4v) is 10.6. The number of benzene rings is 8. The minimum atomic E-state index is -0.0888. The van der Waals surface area contributed by atoms with E-state index < -0.39 is 0 Å². The smallest absolute Gasteiger partial charge is 0.0215 e. The molecule has 0 nitrogen and oxygen atoms in total. The fourth-order valence-electron chi connectivity index (χ4n) is 10.6. The highest BCUT2D eigenvalue weighted by Gasteiger charge is 2.45. The van der Waals surface area contributed by atoms with E-state index in [0.717, 1.165) is 0 Å². The topological polar surface area (TPSA) is 0 Å². The molecule has 3 aliphatic rings. The van der Waals surface area contributed by atoms with Crippen molar-refractivity contribution in [2.75, 3.05) is 0 Å². The summed E-state index contributed by atoms with van der Waals surface area (Å²) in [7, 11) is 0. The molecule has 0 amide bonds. The van der Waals surface area contributed by atoms with Gasteiger partial charge in [0, 0.05) is 10.8 Å². The van der Waals surface area contributed by atoms with Gasteiger partial charge in [0.1, 0.15) is 0 Å². The molecule has 3 aliphatic carbocycles. The highest BCUT2D eigenvalue weighted by atomic mass is 14.5. The third-order valence-electron chi connectivity index (χ3n) is 12.8. The van der Waals surface area contributed by atoms with Crippen molar-refractivity contribution >= 4 is 32.3 Å². The van der Waals surface area contributed by atoms with Crippen molar-refractivity contribution in [3.63, 3.8) is 0 Å². The maximum atomic E-state index is 2.58. The third-order valence-corrected chi connectivity index (χ3v) is 12.8. The van der Waals surface area contributed by atoms with Crippen LogP contribution < -0.4 is 0 Å². The van der Waals surface area contributed by atoms with Crippen LogP contribution in [-0.2, 0) is 10.8 Å². The van der Waals surface area contributed by atoms with Crippen molar-refractivity contribution < 1.29 is 0 Å². The molecule has 1 fully saturated rings. The molecule has 0 bridgehead atoms. The summed E-state index contributed by atoms with van der Waals surface area (Å²) >= 11 is 0. The van der Waals surface area contributed by atoms with Gasteiger partial charge < -0.3 is 0 Å². The summed E-state index contributed by atoms with van der Waals surface area (Å²) in [5, 5.41) is 7.95. The molecular formula is C50H38. The number of hydrogen-bond acceptors (Lipinski definition) is 0. The normalized spacial score (nSPS) is 16.2. The van der Waals surface area contributed by atoms with Crippen LogP contribution in [0, 0.1) is 0 Å². The number of hydrogen-bond donors (Lipinski definition) is 0. The Hall–Kier alpha value is -5.46. The Morgan fingerprint density at radius 3 is 1.52 bits per heavy atom. The molecule has 8 aromatic rings. The van der Waals surface area contributed by atoms with Gasteiger partial charge in [-0.25, -0.2) is 0 Å². The molecule has 0 radical (unpaired) electrons. The molecule has 0 saturated heterocycles. The van der Waals surface area contributed by atoms with E-state index in [0.29, 0.717) is 0 Å². The molecule has 8 aromatic carbocycles. The van der Waals surface area contributed by atoms with Crippen molar-refractivity contribution in [3.8, 4) is 44.5 Å². The van der Waals surface area contributed by atoms with Crippen molar-refractivity contribution in [2.45, 2.75) is 50.4 Å². The van der Waals surface area contributed by atoms with E-state index in [-0.39, 0.29) is 10.8 Å². The van der Waals surface area contributed by atoms with Gasteiger partial charge >= 0.3 is 0 Å². The summed E-state index contributed by atoms with van der Waals surface area (Å²) in [4.78, 5) is 0. The summed E-state index contributed by atoms with van der Waals surface area (Å²) in [6, 6.07) is 55.7. The van der Waals surface area contributed by atoms with Crippen LogP contribution >= 0.6 is 0 Å². The first-order chi connectivity index (χ1) is 24.6. The van der Waals surface area contributed by atoms with Gasteiger partial charge in [-0.3, -0.25) is 0 Å². The van der Waals surface area contributed by atoms with E-state index in [1.54, 1.807) is 5.56 Å². The maximum absolute atomic E-state index is 2.58. The van der Waals surface area contributed by atoms with Crippen molar-refractivity contribution in [1.82, 2.24) is 0 Å². The van der Waals surface area contributed by atoms with Gasteiger partial charge in [-0.05, 0) is 124 Å². The average molecular weight is 639 g/mol. The molecular weight excluding hydrogens is 601 g/mol. The van der Waals surface area contributed by atoms with E-state index in [2.05, 4.69) is 159 Å². The monoisotopic (exact) mass is 638 g/mol. The summed E-state index contributed by atoms with van der Waals surface area (Å²) in [5.41, 5.74) is 17.0. The zero-order chi connectivity index (χ0) is 33.2. The molecule has 1 spiro atoms. The minimum absolute atomic E-state index is 0.0888. The first-order valence-corrected chi connectivity index (χ1v) is 18.4. The summed E-state index contributed by atoms with van der Waals surface area (Å²) in [6.07, 6.45) is 5.09. The first-order valence-electron chi connectivity index (χ1n) is 18.4. The average Bonchev–Trinajstić information content (AvgIpc) is 3.83. The summed E-state index contributed by atoms with van der Waals surface area (Å²) in [6.45, 7) is 4.80. The van der Waals surface area contributed by atoms with Crippen LogP contribution in [0.15, 0.2) is 146 Å². The molecule has 1 saturated carbocycles. The highest BCUT2D eigenvalue weighted by Crippen LogP contribution is 2.58. The van der Waals surface area contributed by atoms with Crippen LogP contribution in [0.1, 0.15) is 61.8 Å². The molecule has 0 heterocycles. The minimum Gasteiger partial charge on any atom is -0.0619 e. The number of rotatable bonds is 2. The lowest BCUT2D eigenvalue weighted by atomic mass is 9.75. The maximum Gasteiger partial charge on any atom is 0.0215 e. The lowest BCUT2D eigenvalue weighted by Gasteiger charge is -2.27. The summed E-state index contributed by atoms with van der Waals surface area (Å²) in [5.74, 6) is 0. The lowest BCUT2D eigenvalue weighted by molar-refractivity contribution is 0.550. The van der Waals surface area contributed by atoms with Gasteiger partial charge in [0.05, 0.1) is 0 Å². The van der Waals surface area contributed by atoms with Crippen LogP contribution in [0.25, 0.3) is 76.8 Å². The molecule has 238 valence electrons. The largest absolute Gasteiger partial charge is 0.0619 e. The van der Waals surface area contributed by atoms with Gasteiger partial charge in [0.15, 0.2) is 0 Å². The van der Waals surface area contributed by atoms with Crippen LogP contribution in [0.5, 0.6) is 0 Å². The summed E-state index contributed by atoms with van der Waals surface area (Å²) < 4.78 is 0. The van der Waals surface area contributed by atoms with Gasteiger partial charge in [-0.2, -0.15) is 0 Å². The predicted octanol–water partition coefficient (Wildman–Crippen LogP) is 13.6. The number of fused-ring (bicyclic) bond motifs is 12. The molecule has 0 heteroatoms. The molecule has 0 aliphatic heterocycles. The second-order valence-electron chi connectivity index (χ2n) is 15.5. The van der Waals surface area contributed by atoms with Gasteiger partial charge in [0.2, 0.25) is 0 Å². The van der Waals surface area contributed by atoms with E-state index in [1.165, 1.54) is 119 Å². The van der Waals surface area contributed by atoms with Gasteiger partial charge in [-0.15, -0.1) is 0 Å². The molecule has 0 atom stereocenters. The standard InChI is InChI=1S/C50H38/c1-49(2)42-23-11-10-22-40(42)48-35-17-4-3-15-32(35)41(30-45(48)49)47-38-20-7-5-18-36(38)46(37-19-6-8-21-39(37)47)31-25-26-34-33-16-9-12-24-43(33)50(44(34)29-31)27-13-14-28-50/h3-12,15-26,29-30H,13-14,27-28H2,1-2H3. The zero-order valence-corrected chi connectivity index (χ0v) is 28.7. The van der Waals surface area contributed by atoms with E-state index in [9.17, 15) is 0 Å². The Morgan fingerprint density at radius 2 is 0.860 bits per heavy atom. The van der Waals surface area contributed by atoms with Crippen LogP contribution in [0.4, 0.5) is 0 Å².